The van der Waals surface area contributed by atoms with Crippen LogP contribution in [0.4, 0.5) is 0 Å². The Morgan fingerprint density at radius 3 is 3.00 bits per heavy atom. The first-order chi connectivity index (χ1) is 8.07. The summed E-state index contributed by atoms with van der Waals surface area (Å²) in [6.07, 6.45) is 4.07. The van der Waals surface area contributed by atoms with Gasteiger partial charge in [0, 0.05) is 18.9 Å². The van der Waals surface area contributed by atoms with Crippen LogP contribution in [0.3, 0.4) is 0 Å². The molecule has 0 bridgehead atoms. The number of hydrogen-bond acceptors (Lipinski definition) is 4. The van der Waals surface area contributed by atoms with Crippen LogP contribution in [0.15, 0.2) is 18.5 Å². The minimum Gasteiger partial charge on any atom is -0.312 e. The van der Waals surface area contributed by atoms with Gasteiger partial charge >= 0.3 is 0 Å². The minimum atomic E-state index is -2.77. The van der Waals surface area contributed by atoms with Crippen LogP contribution in [0.2, 0.25) is 5.02 Å². The number of sulfone groups is 1. The first-order valence-corrected chi connectivity index (χ1v) is 7.76. The number of aromatic nitrogens is 1. The first-order valence-electron chi connectivity index (χ1n) is 5.56. The molecular weight excluding hydrogens is 260 g/mol. The molecule has 4 nitrogen and oxygen atoms in total. The third kappa shape index (κ3) is 3.66. The van der Waals surface area contributed by atoms with Crippen molar-refractivity contribution in [2.45, 2.75) is 13.0 Å². The fraction of sp³-hybridized carbons (Fsp3) is 0.545. The normalized spacial score (nSPS) is 22.8. The molecule has 2 rings (SSSR count). The molecule has 1 fully saturated rings. The van der Waals surface area contributed by atoms with Crippen molar-refractivity contribution in [3.05, 3.63) is 29.0 Å². The molecule has 0 radical (unpaired) electrons. The van der Waals surface area contributed by atoms with Crippen LogP contribution in [0.5, 0.6) is 0 Å². The Balaban J connectivity index is 1.79. The van der Waals surface area contributed by atoms with Gasteiger partial charge in [-0.3, -0.25) is 4.98 Å². The maximum Gasteiger partial charge on any atom is 0.150 e. The van der Waals surface area contributed by atoms with Gasteiger partial charge in [0.25, 0.3) is 0 Å². The highest BCUT2D eigenvalue weighted by molar-refractivity contribution is 7.91. The zero-order valence-corrected chi connectivity index (χ0v) is 11.0. The molecule has 1 atom stereocenters. The second-order valence-electron chi connectivity index (χ2n) is 4.37. The minimum absolute atomic E-state index is 0.237. The smallest absolute Gasteiger partial charge is 0.150 e. The molecule has 0 aromatic carbocycles. The third-order valence-corrected chi connectivity index (χ3v) is 5.11. The molecule has 1 N–H and O–H groups in total. The van der Waals surface area contributed by atoms with Gasteiger partial charge in [0.1, 0.15) is 0 Å². The summed E-state index contributed by atoms with van der Waals surface area (Å²) in [6.45, 7) is 1.37. The van der Waals surface area contributed by atoms with Crippen LogP contribution in [0.1, 0.15) is 12.0 Å². The summed E-state index contributed by atoms with van der Waals surface area (Å²) in [5.74, 6) is 0.875. The Labute approximate surface area is 106 Å². The largest absolute Gasteiger partial charge is 0.312 e. The summed E-state index contributed by atoms with van der Waals surface area (Å²) in [7, 11) is -2.77. The van der Waals surface area contributed by atoms with Crippen LogP contribution in [0, 0.1) is 5.92 Å². The second kappa shape index (κ2) is 5.33. The lowest BCUT2D eigenvalue weighted by Gasteiger charge is -2.10. The van der Waals surface area contributed by atoms with Crippen LogP contribution >= 0.6 is 11.6 Å². The third-order valence-electron chi connectivity index (χ3n) is 2.93. The molecule has 6 heteroatoms. The Morgan fingerprint density at radius 1 is 1.53 bits per heavy atom. The van der Waals surface area contributed by atoms with Crippen molar-refractivity contribution >= 4 is 21.4 Å². The number of halogens is 1. The monoisotopic (exact) mass is 274 g/mol. The zero-order chi connectivity index (χ0) is 12.3. The van der Waals surface area contributed by atoms with Crippen LogP contribution in [0.25, 0.3) is 0 Å². The standard InChI is InChI=1S/C11H15ClN2O2S/c12-11-7-13-3-1-10(11)6-14-5-9-2-4-17(15,16)8-9/h1,3,7,9,14H,2,4-6,8H2. The molecule has 1 aromatic heterocycles. The summed E-state index contributed by atoms with van der Waals surface area (Å²) in [4.78, 5) is 3.91. The summed E-state index contributed by atoms with van der Waals surface area (Å²) < 4.78 is 22.5. The molecule has 0 spiro atoms. The van der Waals surface area contributed by atoms with E-state index in [0.29, 0.717) is 23.1 Å². The second-order valence-corrected chi connectivity index (χ2v) is 7.00. The first kappa shape index (κ1) is 12.8. The van der Waals surface area contributed by atoms with Gasteiger partial charge in [0.2, 0.25) is 0 Å². The molecule has 2 heterocycles. The van der Waals surface area contributed by atoms with Crippen LogP contribution in [-0.2, 0) is 16.4 Å². The van der Waals surface area contributed by atoms with Gasteiger partial charge in [-0.05, 0) is 30.5 Å². The molecule has 0 amide bonds. The summed E-state index contributed by atoms with van der Waals surface area (Å²) in [5.41, 5.74) is 0.988. The lowest BCUT2D eigenvalue weighted by molar-refractivity contribution is 0.521. The summed E-state index contributed by atoms with van der Waals surface area (Å²) >= 11 is 5.97. The molecule has 94 valence electrons. The van der Waals surface area contributed by atoms with E-state index in [1.54, 1.807) is 12.4 Å². The molecule has 0 saturated carbocycles. The Morgan fingerprint density at radius 2 is 2.35 bits per heavy atom. The highest BCUT2D eigenvalue weighted by atomic mass is 35.5. The molecule has 1 aliphatic rings. The SMILES string of the molecule is O=S1(=O)CCC(CNCc2ccncc2Cl)C1. The number of hydrogen-bond donors (Lipinski definition) is 1. The number of nitrogens with one attached hydrogen (secondary N) is 1. The fourth-order valence-electron chi connectivity index (χ4n) is 1.99. The average Bonchev–Trinajstić information content (AvgIpc) is 2.61. The van der Waals surface area contributed by atoms with E-state index in [1.807, 2.05) is 6.07 Å². The van der Waals surface area contributed by atoms with Crippen molar-refractivity contribution in [2.24, 2.45) is 5.92 Å². The van der Waals surface area contributed by atoms with Crippen molar-refractivity contribution in [3.8, 4) is 0 Å². The predicted molar refractivity (Wildman–Crippen MR) is 67.7 cm³/mol. The van der Waals surface area contributed by atoms with Crippen molar-refractivity contribution in [3.63, 3.8) is 0 Å². The lowest BCUT2D eigenvalue weighted by Crippen LogP contribution is -2.23. The van der Waals surface area contributed by atoms with Crippen molar-refractivity contribution in [1.82, 2.24) is 10.3 Å². The molecule has 1 aromatic rings. The molecule has 17 heavy (non-hydrogen) atoms. The van der Waals surface area contributed by atoms with Gasteiger partial charge in [0.05, 0.1) is 16.5 Å². The van der Waals surface area contributed by atoms with E-state index in [4.69, 9.17) is 11.6 Å². The number of nitrogens with zero attached hydrogens (tertiary/aromatic N) is 1. The number of pyridine rings is 1. The molecule has 1 aliphatic heterocycles. The molecule has 0 aliphatic carbocycles. The van der Waals surface area contributed by atoms with Crippen LogP contribution < -0.4 is 5.32 Å². The fourth-order valence-corrected chi connectivity index (χ4v) is 4.04. The van der Waals surface area contributed by atoms with E-state index < -0.39 is 9.84 Å². The Kier molecular flexibility index (Phi) is 4.01. The predicted octanol–water partition coefficient (Wildman–Crippen LogP) is 1.26. The van der Waals surface area contributed by atoms with E-state index in [0.717, 1.165) is 18.5 Å². The van der Waals surface area contributed by atoms with Gasteiger partial charge in [-0.2, -0.15) is 0 Å². The highest BCUT2D eigenvalue weighted by Gasteiger charge is 2.27. The maximum absolute atomic E-state index is 11.3. The number of rotatable bonds is 4. The van der Waals surface area contributed by atoms with Gasteiger partial charge in [-0.15, -0.1) is 0 Å². The van der Waals surface area contributed by atoms with E-state index in [9.17, 15) is 8.42 Å². The average molecular weight is 275 g/mol. The lowest BCUT2D eigenvalue weighted by atomic mass is 10.1. The Hall–Kier alpha value is -0.650. The van der Waals surface area contributed by atoms with E-state index in [1.165, 1.54) is 0 Å². The summed E-state index contributed by atoms with van der Waals surface area (Å²) in [5, 5.41) is 3.88. The van der Waals surface area contributed by atoms with E-state index in [-0.39, 0.29) is 5.92 Å². The maximum atomic E-state index is 11.3. The Bertz CT molecular complexity index is 490. The molecular formula is C11H15ClN2O2S. The van der Waals surface area contributed by atoms with Gasteiger partial charge in [-0.1, -0.05) is 11.6 Å². The quantitative estimate of drug-likeness (QED) is 0.898. The summed E-state index contributed by atoms with van der Waals surface area (Å²) in [6, 6.07) is 1.86. The van der Waals surface area contributed by atoms with Gasteiger partial charge in [0.15, 0.2) is 9.84 Å². The topological polar surface area (TPSA) is 59.1 Å². The van der Waals surface area contributed by atoms with Gasteiger partial charge < -0.3 is 5.32 Å². The molecule has 1 saturated heterocycles. The van der Waals surface area contributed by atoms with Crippen molar-refractivity contribution in [2.75, 3.05) is 18.1 Å². The van der Waals surface area contributed by atoms with Crippen LogP contribution in [-0.4, -0.2) is 31.5 Å². The molecule has 1 unspecified atom stereocenters. The van der Waals surface area contributed by atoms with Crippen molar-refractivity contribution in [1.29, 1.82) is 0 Å². The highest BCUT2D eigenvalue weighted by Crippen LogP contribution is 2.18. The zero-order valence-electron chi connectivity index (χ0n) is 9.39. The van der Waals surface area contributed by atoms with Crippen molar-refractivity contribution < 1.29 is 8.42 Å². The van der Waals surface area contributed by atoms with Gasteiger partial charge in [-0.25, -0.2) is 8.42 Å². The van der Waals surface area contributed by atoms with E-state index in [2.05, 4.69) is 10.3 Å². The van der Waals surface area contributed by atoms with E-state index >= 15 is 0 Å².